The van der Waals surface area contributed by atoms with Crippen molar-refractivity contribution in [3.8, 4) is 0 Å². The molecule has 0 aromatic heterocycles. The summed E-state index contributed by atoms with van der Waals surface area (Å²) < 4.78 is 4.34. The second-order valence-corrected chi connectivity index (χ2v) is 12.5. The monoisotopic (exact) mass is 358 g/mol. The first-order valence-electron chi connectivity index (χ1n) is 7.34. The van der Waals surface area contributed by atoms with Crippen molar-refractivity contribution in [2.45, 2.75) is 36.0 Å². The molecule has 1 saturated carbocycles. The number of hydrogen-bond acceptors (Lipinski definition) is 0. The van der Waals surface area contributed by atoms with E-state index in [1.807, 2.05) is 0 Å². The summed E-state index contributed by atoms with van der Waals surface area (Å²) >= 11 is -1.55. The zero-order valence-electron chi connectivity index (χ0n) is 11.3. The van der Waals surface area contributed by atoms with Crippen molar-refractivity contribution in [2.24, 2.45) is 0 Å². The Hall–Kier alpha value is -0.742. The van der Waals surface area contributed by atoms with E-state index in [-0.39, 0.29) is 0 Å². The Morgan fingerprint density at radius 1 is 0.632 bits per heavy atom. The van der Waals surface area contributed by atoms with Crippen LogP contribution < -0.4 is 7.02 Å². The van der Waals surface area contributed by atoms with Crippen molar-refractivity contribution >= 4 is 27.2 Å². The van der Waals surface area contributed by atoms with Crippen molar-refractivity contribution in [1.29, 1.82) is 0 Å². The molecule has 19 heavy (non-hydrogen) atoms. The van der Waals surface area contributed by atoms with Crippen LogP contribution in [0, 0.1) is 0 Å². The summed E-state index contributed by atoms with van der Waals surface area (Å²) in [6.07, 6.45) is 7.28. The molecule has 0 radical (unpaired) electrons. The van der Waals surface area contributed by atoms with E-state index in [9.17, 15) is 0 Å². The predicted molar refractivity (Wildman–Crippen MR) is 84.7 cm³/mol. The Morgan fingerprint density at radius 3 is 1.58 bits per heavy atom. The molecule has 0 N–H and O–H groups in total. The van der Waals surface area contributed by atoms with Gasteiger partial charge in [-0.1, -0.05) is 0 Å². The molecule has 1 aliphatic rings. The van der Waals surface area contributed by atoms with Gasteiger partial charge in [0.2, 0.25) is 0 Å². The van der Waals surface area contributed by atoms with Crippen LogP contribution in [0.3, 0.4) is 0 Å². The van der Waals surface area contributed by atoms with E-state index in [1.54, 1.807) is 7.02 Å². The quantitative estimate of drug-likeness (QED) is 0.735. The Morgan fingerprint density at radius 2 is 1.11 bits per heavy atom. The number of hydrogen-bond donors (Lipinski definition) is 0. The summed E-state index contributed by atoms with van der Waals surface area (Å²) in [5.74, 6) is 0. The zero-order valence-corrected chi connectivity index (χ0v) is 13.9. The van der Waals surface area contributed by atoms with Crippen LogP contribution in [-0.4, -0.2) is 20.2 Å². The SMILES string of the molecule is c1cc[c]([Sb]([c]2ccccc2)[CH]2CCCCC2)cc1. The van der Waals surface area contributed by atoms with Crippen molar-refractivity contribution in [3.63, 3.8) is 0 Å². The summed E-state index contributed by atoms with van der Waals surface area (Å²) in [4.78, 5) is 0. The Balaban J connectivity index is 1.96. The molecule has 3 rings (SSSR count). The molecule has 1 aliphatic carbocycles. The fourth-order valence-electron chi connectivity index (χ4n) is 3.09. The van der Waals surface area contributed by atoms with Crippen LogP contribution in [0.25, 0.3) is 0 Å². The van der Waals surface area contributed by atoms with Gasteiger partial charge in [-0.15, -0.1) is 0 Å². The van der Waals surface area contributed by atoms with Gasteiger partial charge in [0.1, 0.15) is 0 Å². The van der Waals surface area contributed by atoms with E-state index in [0.717, 1.165) is 3.86 Å². The molecule has 0 heterocycles. The summed E-state index contributed by atoms with van der Waals surface area (Å²) in [6.45, 7) is 0. The first-order valence-corrected chi connectivity index (χ1v) is 11.4. The van der Waals surface area contributed by atoms with Gasteiger partial charge in [0.05, 0.1) is 0 Å². The second-order valence-electron chi connectivity index (χ2n) is 5.33. The molecule has 1 heteroatoms. The van der Waals surface area contributed by atoms with Gasteiger partial charge in [-0.3, -0.25) is 0 Å². The van der Waals surface area contributed by atoms with Crippen LogP contribution in [0.4, 0.5) is 0 Å². The van der Waals surface area contributed by atoms with Gasteiger partial charge in [-0.25, -0.2) is 0 Å². The predicted octanol–water partition coefficient (Wildman–Crippen LogP) is 3.63. The maximum atomic E-state index is 2.38. The molecule has 2 aromatic rings. The molecule has 2 aromatic carbocycles. The van der Waals surface area contributed by atoms with Gasteiger partial charge in [0, 0.05) is 0 Å². The molecule has 0 unspecified atom stereocenters. The van der Waals surface area contributed by atoms with Crippen molar-refractivity contribution in [2.75, 3.05) is 0 Å². The van der Waals surface area contributed by atoms with Crippen LogP contribution in [0.2, 0.25) is 3.86 Å². The molecular weight excluding hydrogens is 338 g/mol. The van der Waals surface area contributed by atoms with Gasteiger partial charge in [-0.2, -0.15) is 0 Å². The third-order valence-electron chi connectivity index (χ3n) is 4.01. The van der Waals surface area contributed by atoms with E-state index in [2.05, 4.69) is 60.7 Å². The Labute approximate surface area is 123 Å². The average molecular weight is 359 g/mol. The summed E-state index contributed by atoms with van der Waals surface area (Å²) in [7, 11) is 0. The van der Waals surface area contributed by atoms with Crippen LogP contribution >= 0.6 is 0 Å². The molecule has 0 atom stereocenters. The van der Waals surface area contributed by atoms with Crippen LogP contribution in [-0.2, 0) is 0 Å². The van der Waals surface area contributed by atoms with E-state index < -0.39 is 20.2 Å². The van der Waals surface area contributed by atoms with E-state index in [4.69, 9.17) is 0 Å². The molecule has 0 nitrogen and oxygen atoms in total. The fourth-order valence-corrected chi connectivity index (χ4v) is 11.7. The first kappa shape index (κ1) is 13.3. The fraction of sp³-hybridized carbons (Fsp3) is 0.333. The van der Waals surface area contributed by atoms with Gasteiger partial charge in [0.25, 0.3) is 0 Å². The van der Waals surface area contributed by atoms with E-state index in [1.165, 1.54) is 32.1 Å². The summed E-state index contributed by atoms with van der Waals surface area (Å²) in [5, 5.41) is 0. The first-order chi connectivity index (χ1) is 9.45. The third kappa shape index (κ3) is 3.23. The van der Waals surface area contributed by atoms with E-state index in [0.29, 0.717) is 0 Å². The van der Waals surface area contributed by atoms with Crippen LogP contribution in [0.5, 0.6) is 0 Å². The third-order valence-corrected chi connectivity index (χ3v) is 12.4. The molecule has 0 amide bonds. The molecule has 0 spiro atoms. The number of rotatable bonds is 3. The second kappa shape index (κ2) is 6.62. The molecular formula is C18H21Sb. The van der Waals surface area contributed by atoms with Crippen molar-refractivity contribution < 1.29 is 0 Å². The molecule has 0 aliphatic heterocycles. The van der Waals surface area contributed by atoms with Crippen molar-refractivity contribution in [1.82, 2.24) is 0 Å². The summed E-state index contributed by atoms with van der Waals surface area (Å²) in [5.41, 5.74) is 0. The topological polar surface area (TPSA) is 0 Å². The molecule has 1 fully saturated rings. The molecule has 0 saturated heterocycles. The normalized spacial score (nSPS) is 16.7. The minimum atomic E-state index is -1.55. The molecule has 0 bridgehead atoms. The van der Waals surface area contributed by atoms with Gasteiger partial charge in [0.15, 0.2) is 0 Å². The summed E-state index contributed by atoms with van der Waals surface area (Å²) in [6, 6.07) is 22.7. The van der Waals surface area contributed by atoms with Crippen LogP contribution in [0.1, 0.15) is 32.1 Å². The molecule has 98 valence electrons. The minimum absolute atomic E-state index is 1.00. The Bertz CT molecular complexity index is 446. The maximum absolute atomic E-state index is 2.38. The average Bonchev–Trinajstić information content (AvgIpc) is 2.51. The van der Waals surface area contributed by atoms with Gasteiger partial charge in [-0.05, 0) is 0 Å². The van der Waals surface area contributed by atoms with Gasteiger partial charge >= 0.3 is 124 Å². The van der Waals surface area contributed by atoms with Crippen LogP contribution in [0.15, 0.2) is 60.7 Å². The van der Waals surface area contributed by atoms with E-state index >= 15 is 0 Å². The zero-order chi connectivity index (χ0) is 12.9. The van der Waals surface area contributed by atoms with Gasteiger partial charge < -0.3 is 0 Å². The number of benzene rings is 2. The standard InChI is InChI=1S/C6H11.2C6H5.Sb/c3*1-2-4-6-5-3-1;/h1H,2-6H2;2*1-5H;. The van der Waals surface area contributed by atoms with Crippen molar-refractivity contribution in [3.05, 3.63) is 60.7 Å². The Kier molecular flexibility index (Phi) is 4.61.